The van der Waals surface area contributed by atoms with Crippen molar-refractivity contribution in [3.8, 4) is 0 Å². The molecule has 4 heteroatoms. The highest BCUT2D eigenvalue weighted by Gasteiger charge is 2.20. The van der Waals surface area contributed by atoms with E-state index >= 15 is 0 Å². The molecule has 0 aromatic rings. The first-order chi connectivity index (χ1) is 3.80. The highest BCUT2D eigenvalue weighted by atomic mass is 16.6. The predicted molar refractivity (Wildman–Crippen MR) is 26.7 cm³/mol. The van der Waals surface area contributed by atoms with Gasteiger partial charge in [-0.2, -0.15) is 0 Å². The van der Waals surface area contributed by atoms with E-state index in [9.17, 15) is 10.1 Å². The number of hydrogen-bond donors (Lipinski definition) is 0. The molecule has 1 unspecified atom stereocenters. The van der Waals surface area contributed by atoms with Gasteiger partial charge in [0.15, 0.2) is 0 Å². The second kappa shape index (κ2) is 1.81. The van der Waals surface area contributed by atoms with E-state index in [0.29, 0.717) is 6.42 Å². The van der Waals surface area contributed by atoms with Crippen molar-refractivity contribution < 1.29 is 4.92 Å². The van der Waals surface area contributed by atoms with Crippen molar-refractivity contribution >= 4 is 0 Å². The molecule has 1 aliphatic heterocycles. The molecule has 0 aliphatic carbocycles. The fourth-order valence-electron chi connectivity index (χ4n) is 0.544. The van der Waals surface area contributed by atoms with Crippen LogP contribution in [0.1, 0.15) is 6.42 Å². The van der Waals surface area contributed by atoms with Crippen LogP contribution in [0.25, 0.3) is 0 Å². The minimum Gasteiger partial charge on any atom is -0.262 e. The Morgan fingerprint density at radius 1 is 1.88 bits per heavy atom. The molecule has 0 saturated carbocycles. The Balaban J connectivity index is 2.41. The molecule has 0 amide bonds. The van der Waals surface area contributed by atoms with Gasteiger partial charge in [0.25, 0.3) is 0 Å². The Hall–Kier alpha value is -1.06. The van der Waals surface area contributed by atoms with E-state index in [2.05, 4.69) is 5.32 Å². The van der Waals surface area contributed by atoms with E-state index in [-0.39, 0.29) is 4.92 Å². The Morgan fingerprint density at radius 3 is 2.88 bits per heavy atom. The minimum absolute atomic E-state index is 0.389. The SMILES string of the molecule is O=[N+]([O-])C1CC=C[N]1. The zero-order valence-electron chi connectivity index (χ0n) is 4.15. The standard InChI is InChI=1S/C4H5N2O2/c7-6(8)4-2-1-3-5-4/h1,3-4H,2H2. The second-order valence-electron chi connectivity index (χ2n) is 1.54. The molecule has 0 N–H and O–H groups in total. The molecule has 4 nitrogen and oxygen atoms in total. The lowest BCUT2D eigenvalue weighted by molar-refractivity contribution is -0.525. The van der Waals surface area contributed by atoms with Crippen LogP contribution in [0.3, 0.4) is 0 Å². The van der Waals surface area contributed by atoms with E-state index in [4.69, 9.17) is 0 Å². The van der Waals surface area contributed by atoms with Gasteiger partial charge in [-0.1, -0.05) is 6.08 Å². The maximum atomic E-state index is 9.87. The summed E-state index contributed by atoms with van der Waals surface area (Å²) in [5.41, 5.74) is 0. The third-order valence-electron chi connectivity index (χ3n) is 0.954. The average Bonchev–Trinajstić information content (AvgIpc) is 2.12. The molecule has 1 aliphatic rings. The van der Waals surface area contributed by atoms with Gasteiger partial charge in [-0.15, -0.1) is 0 Å². The molecule has 0 fully saturated rings. The Kier molecular flexibility index (Phi) is 1.15. The molecule has 43 valence electrons. The summed E-state index contributed by atoms with van der Waals surface area (Å²) < 4.78 is 0. The summed E-state index contributed by atoms with van der Waals surface area (Å²) >= 11 is 0. The average molecular weight is 113 g/mol. The van der Waals surface area contributed by atoms with Crippen molar-refractivity contribution in [1.29, 1.82) is 0 Å². The van der Waals surface area contributed by atoms with Crippen LogP contribution in [0.15, 0.2) is 12.3 Å². The van der Waals surface area contributed by atoms with Crippen LogP contribution in [-0.2, 0) is 0 Å². The number of nitrogens with zero attached hydrogens (tertiary/aromatic N) is 2. The lowest BCUT2D eigenvalue weighted by atomic mass is 10.4. The summed E-state index contributed by atoms with van der Waals surface area (Å²) in [5, 5.41) is 13.4. The zero-order valence-corrected chi connectivity index (χ0v) is 4.15. The van der Waals surface area contributed by atoms with Crippen molar-refractivity contribution in [1.82, 2.24) is 5.32 Å². The van der Waals surface area contributed by atoms with Crippen LogP contribution in [0.5, 0.6) is 0 Å². The second-order valence-corrected chi connectivity index (χ2v) is 1.54. The summed E-state index contributed by atoms with van der Waals surface area (Å²) in [6.07, 6.45) is 2.92. The van der Waals surface area contributed by atoms with E-state index in [1.807, 2.05) is 0 Å². The summed E-state index contributed by atoms with van der Waals surface area (Å²) in [6, 6.07) is 0. The highest BCUT2D eigenvalue weighted by molar-refractivity contribution is 4.89. The maximum Gasteiger partial charge on any atom is 0.307 e. The summed E-state index contributed by atoms with van der Waals surface area (Å²) in [7, 11) is 0. The number of nitro groups is 1. The summed E-state index contributed by atoms with van der Waals surface area (Å²) in [5.74, 6) is 0. The predicted octanol–water partition coefficient (Wildman–Crippen LogP) is 0.111. The van der Waals surface area contributed by atoms with Crippen molar-refractivity contribution in [2.75, 3.05) is 0 Å². The minimum atomic E-state index is -0.699. The van der Waals surface area contributed by atoms with E-state index < -0.39 is 6.17 Å². The van der Waals surface area contributed by atoms with Gasteiger partial charge in [0.05, 0.1) is 6.42 Å². The quantitative estimate of drug-likeness (QED) is 0.358. The van der Waals surface area contributed by atoms with Crippen molar-refractivity contribution in [3.05, 3.63) is 22.4 Å². The first kappa shape index (κ1) is 5.08. The zero-order chi connectivity index (χ0) is 5.98. The van der Waals surface area contributed by atoms with Gasteiger partial charge in [0.1, 0.15) is 0 Å². The first-order valence-electron chi connectivity index (χ1n) is 2.29. The lowest BCUT2D eigenvalue weighted by Gasteiger charge is -1.95. The van der Waals surface area contributed by atoms with Crippen molar-refractivity contribution in [2.45, 2.75) is 12.6 Å². The molecule has 0 spiro atoms. The van der Waals surface area contributed by atoms with Gasteiger partial charge in [0.2, 0.25) is 0 Å². The number of hydrogen-bond acceptors (Lipinski definition) is 2. The lowest BCUT2D eigenvalue weighted by Crippen LogP contribution is -2.22. The maximum absolute atomic E-state index is 9.87. The van der Waals surface area contributed by atoms with E-state index in [1.165, 1.54) is 6.20 Å². The molecule has 1 atom stereocenters. The summed E-state index contributed by atoms with van der Waals surface area (Å²) in [6.45, 7) is 0. The number of rotatable bonds is 1. The van der Waals surface area contributed by atoms with Crippen LogP contribution in [0.2, 0.25) is 0 Å². The van der Waals surface area contributed by atoms with Gasteiger partial charge in [-0.05, 0) is 0 Å². The molecular weight excluding hydrogens is 108 g/mol. The topological polar surface area (TPSA) is 57.2 Å². The van der Waals surface area contributed by atoms with Crippen LogP contribution in [0, 0.1) is 10.1 Å². The molecule has 1 rings (SSSR count). The van der Waals surface area contributed by atoms with Gasteiger partial charge >= 0.3 is 6.17 Å². The summed E-state index contributed by atoms with van der Waals surface area (Å²) in [4.78, 5) is 9.48. The Labute approximate surface area is 46.3 Å². The molecule has 0 saturated heterocycles. The van der Waals surface area contributed by atoms with Crippen LogP contribution in [-0.4, -0.2) is 11.1 Å². The molecule has 8 heavy (non-hydrogen) atoms. The van der Waals surface area contributed by atoms with Gasteiger partial charge in [0, 0.05) is 11.1 Å². The molecule has 0 aromatic carbocycles. The highest BCUT2D eigenvalue weighted by Crippen LogP contribution is 2.02. The van der Waals surface area contributed by atoms with Crippen molar-refractivity contribution in [2.24, 2.45) is 0 Å². The fourth-order valence-corrected chi connectivity index (χ4v) is 0.544. The Morgan fingerprint density at radius 2 is 2.62 bits per heavy atom. The van der Waals surface area contributed by atoms with Gasteiger partial charge < -0.3 is 0 Å². The molecule has 0 bridgehead atoms. The van der Waals surface area contributed by atoms with Crippen LogP contribution >= 0.6 is 0 Å². The molecule has 0 aromatic heterocycles. The largest absolute Gasteiger partial charge is 0.307 e. The molecule has 1 heterocycles. The third kappa shape index (κ3) is 0.776. The van der Waals surface area contributed by atoms with Crippen LogP contribution in [0.4, 0.5) is 0 Å². The van der Waals surface area contributed by atoms with Gasteiger partial charge in [-0.3, -0.25) is 10.1 Å². The Bertz CT molecular complexity index is 124. The molecular formula is C4H5N2O2. The molecule has 1 radical (unpaired) electrons. The van der Waals surface area contributed by atoms with E-state index in [0.717, 1.165) is 0 Å². The first-order valence-corrected chi connectivity index (χ1v) is 2.29. The van der Waals surface area contributed by atoms with Crippen LogP contribution < -0.4 is 5.32 Å². The third-order valence-corrected chi connectivity index (χ3v) is 0.954. The fraction of sp³-hybridized carbons (Fsp3) is 0.500. The van der Waals surface area contributed by atoms with E-state index in [1.54, 1.807) is 6.08 Å². The van der Waals surface area contributed by atoms with Gasteiger partial charge in [-0.25, -0.2) is 5.32 Å². The monoisotopic (exact) mass is 113 g/mol. The van der Waals surface area contributed by atoms with Crippen molar-refractivity contribution in [3.63, 3.8) is 0 Å². The smallest absolute Gasteiger partial charge is 0.262 e. The normalized spacial score (nSPS) is 25.2.